The molecule has 1 heterocycles. The number of hydrogen-bond acceptors (Lipinski definition) is 3. The third kappa shape index (κ3) is 1.28. The lowest BCUT2D eigenvalue weighted by Crippen LogP contribution is -2.51. The average molecular weight is 181 g/mol. The highest BCUT2D eigenvalue weighted by Crippen LogP contribution is 2.41. The van der Waals surface area contributed by atoms with Crippen LogP contribution >= 0.6 is 0 Å². The summed E-state index contributed by atoms with van der Waals surface area (Å²) in [5, 5.41) is 9.23. The Hall–Kier alpha value is -0.800. The summed E-state index contributed by atoms with van der Waals surface area (Å²) in [6.45, 7) is 3.83. The molecule has 0 amide bonds. The van der Waals surface area contributed by atoms with E-state index in [1.54, 1.807) is 0 Å². The molecule has 1 aromatic rings. The van der Waals surface area contributed by atoms with Gasteiger partial charge in [-0.05, 0) is 32.8 Å². The predicted octanol–water partition coefficient (Wildman–Crippen LogP) is 1.21. The van der Waals surface area contributed by atoms with Gasteiger partial charge in [-0.15, -0.1) is 0 Å². The second kappa shape index (κ2) is 2.59. The molecule has 1 fully saturated rings. The van der Waals surface area contributed by atoms with Gasteiger partial charge in [0, 0.05) is 11.1 Å². The molecular weight excluding hydrogens is 166 g/mol. The summed E-state index contributed by atoms with van der Waals surface area (Å²) < 4.78 is 5.41. The van der Waals surface area contributed by atoms with E-state index in [4.69, 9.17) is 10.2 Å². The number of nitrogens with two attached hydrogens (primary N) is 1. The van der Waals surface area contributed by atoms with Gasteiger partial charge >= 0.3 is 0 Å². The van der Waals surface area contributed by atoms with Gasteiger partial charge in [0.2, 0.25) is 0 Å². The van der Waals surface area contributed by atoms with Crippen LogP contribution in [-0.2, 0) is 5.54 Å². The molecule has 2 rings (SSSR count). The molecule has 0 radical (unpaired) electrons. The molecule has 0 unspecified atom stereocenters. The summed E-state index contributed by atoms with van der Waals surface area (Å²) in [7, 11) is 0. The van der Waals surface area contributed by atoms with E-state index in [0.29, 0.717) is 12.8 Å². The van der Waals surface area contributed by atoms with Gasteiger partial charge in [0.25, 0.3) is 0 Å². The number of rotatable bonds is 1. The molecule has 0 bridgehead atoms. The molecule has 0 spiro atoms. The standard InChI is InChI=1S/C10H15NO2/c1-6-3-9(7(2)13-6)10(11)4-8(12)5-10/h3,8,12H,4-5,11H2,1-2H3. The minimum Gasteiger partial charge on any atom is -0.466 e. The maximum atomic E-state index is 9.23. The first-order valence-corrected chi connectivity index (χ1v) is 4.56. The quantitative estimate of drug-likeness (QED) is 0.684. The van der Waals surface area contributed by atoms with Gasteiger partial charge in [-0.2, -0.15) is 0 Å². The first-order valence-electron chi connectivity index (χ1n) is 4.56. The molecule has 1 aromatic heterocycles. The summed E-state index contributed by atoms with van der Waals surface area (Å²) in [5.41, 5.74) is 6.81. The van der Waals surface area contributed by atoms with Crippen molar-refractivity contribution in [3.8, 4) is 0 Å². The van der Waals surface area contributed by atoms with Crippen LogP contribution < -0.4 is 5.73 Å². The minimum atomic E-state index is -0.346. The summed E-state index contributed by atoms with van der Waals surface area (Å²) in [5.74, 6) is 1.77. The van der Waals surface area contributed by atoms with Gasteiger partial charge in [-0.3, -0.25) is 0 Å². The highest BCUT2D eigenvalue weighted by molar-refractivity contribution is 5.31. The van der Waals surface area contributed by atoms with Crippen molar-refractivity contribution >= 4 is 0 Å². The molecule has 0 aliphatic heterocycles. The van der Waals surface area contributed by atoms with Crippen molar-refractivity contribution in [1.82, 2.24) is 0 Å². The Labute approximate surface area is 77.5 Å². The van der Waals surface area contributed by atoms with Crippen LogP contribution in [0.5, 0.6) is 0 Å². The summed E-state index contributed by atoms with van der Waals surface area (Å²) >= 11 is 0. The number of hydrogen-bond donors (Lipinski definition) is 2. The maximum Gasteiger partial charge on any atom is 0.106 e. The number of furan rings is 1. The molecule has 3 nitrogen and oxygen atoms in total. The fourth-order valence-corrected chi connectivity index (χ4v) is 2.13. The Morgan fingerprint density at radius 2 is 2.15 bits per heavy atom. The highest BCUT2D eigenvalue weighted by atomic mass is 16.3. The van der Waals surface area contributed by atoms with Crippen LogP contribution in [0.3, 0.4) is 0 Å². The molecule has 0 aromatic carbocycles. The van der Waals surface area contributed by atoms with Gasteiger partial charge in [0.1, 0.15) is 11.5 Å². The zero-order valence-electron chi connectivity index (χ0n) is 8.00. The van der Waals surface area contributed by atoms with Crippen LogP contribution in [0.4, 0.5) is 0 Å². The van der Waals surface area contributed by atoms with E-state index < -0.39 is 0 Å². The Kier molecular flexibility index (Phi) is 1.75. The second-order valence-electron chi connectivity index (χ2n) is 4.05. The smallest absolute Gasteiger partial charge is 0.106 e. The van der Waals surface area contributed by atoms with Crippen molar-refractivity contribution in [2.75, 3.05) is 0 Å². The van der Waals surface area contributed by atoms with Crippen LogP contribution in [0.2, 0.25) is 0 Å². The minimum absolute atomic E-state index is 0.236. The van der Waals surface area contributed by atoms with E-state index in [9.17, 15) is 5.11 Å². The van der Waals surface area contributed by atoms with Crippen molar-refractivity contribution in [3.05, 3.63) is 23.2 Å². The zero-order valence-corrected chi connectivity index (χ0v) is 8.00. The molecule has 3 N–H and O–H groups in total. The molecule has 1 aliphatic rings. The van der Waals surface area contributed by atoms with E-state index in [1.807, 2.05) is 19.9 Å². The van der Waals surface area contributed by atoms with E-state index in [1.165, 1.54) is 0 Å². The van der Waals surface area contributed by atoms with Gasteiger partial charge in [0.05, 0.1) is 6.10 Å². The Bertz CT molecular complexity index is 324. The van der Waals surface area contributed by atoms with Crippen LogP contribution in [0.15, 0.2) is 10.5 Å². The molecule has 0 saturated heterocycles. The molecule has 3 heteroatoms. The topological polar surface area (TPSA) is 59.4 Å². The van der Waals surface area contributed by atoms with Crippen LogP contribution in [-0.4, -0.2) is 11.2 Å². The lowest BCUT2D eigenvalue weighted by Gasteiger charge is -2.42. The van der Waals surface area contributed by atoms with Gasteiger partial charge in [-0.25, -0.2) is 0 Å². The van der Waals surface area contributed by atoms with Crippen LogP contribution in [0.25, 0.3) is 0 Å². The summed E-state index contributed by atoms with van der Waals surface area (Å²) in [6.07, 6.45) is 1.05. The van der Waals surface area contributed by atoms with Crippen molar-refractivity contribution < 1.29 is 9.52 Å². The summed E-state index contributed by atoms with van der Waals surface area (Å²) in [4.78, 5) is 0. The van der Waals surface area contributed by atoms with E-state index >= 15 is 0 Å². The fraction of sp³-hybridized carbons (Fsp3) is 0.600. The lowest BCUT2D eigenvalue weighted by atomic mass is 9.70. The number of aryl methyl sites for hydroxylation is 2. The lowest BCUT2D eigenvalue weighted by molar-refractivity contribution is 0.0203. The number of aliphatic hydroxyl groups is 1. The first-order chi connectivity index (χ1) is 6.01. The maximum absolute atomic E-state index is 9.23. The van der Waals surface area contributed by atoms with Crippen molar-refractivity contribution in [1.29, 1.82) is 0 Å². The van der Waals surface area contributed by atoms with Crippen LogP contribution in [0, 0.1) is 13.8 Å². The molecule has 13 heavy (non-hydrogen) atoms. The van der Waals surface area contributed by atoms with E-state index in [-0.39, 0.29) is 11.6 Å². The Balaban J connectivity index is 2.30. The largest absolute Gasteiger partial charge is 0.466 e. The Morgan fingerprint density at radius 3 is 2.54 bits per heavy atom. The van der Waals surface area contributed by atoms with Gasteiger partial charge < -0.3 is 15.3 Å². The SMILES string of the molecule is Cc1cc(C2(N)CC(O)C2)c(C)o1. The number of aliphatic hydroxyl groups excluding tert-OH is 1. The monoisotopic (exact) mass is 181 g/mol. The van der Waals surface area contributed by atoms with E-state index in [2.05, 4.69) is 0 Å². The third-order valence-electron chi connectivity index (χ3n) is 2.78. The van der Waals surface area contributed by atoms with Gasteiger partial charge in [0.15, 0.2) is 0 Å². The Morgan fingerprint density at radius 1 is 1.54 bits per heavy atom. The molecule has 0 atom stereocenters. The average Bonchev–Trinajstić information content (AvgIpc) is 2.27. The highest BCUT2D eigenvalue weighted by Gasteiger charge is 2.43. The first kappa shape index (κ1) is 8.78. The van der Waals surface area contributed by atoms with Crippen molar-refractivity contribution in [2.24, 2.45) is 5.73 Å². The molecule has 1 aliphatic carbocycles. The molecule has 72 valence electrons. The van der Waals surface area contributed by atoms with Crippen molar-refractivity contribution in [3.63, 3.8) is 0 Å². The predicted molar refractivity (Wildman–Crippen MR) is 49.3 cm³/mol. The van der Waals surface area contributed by atoms with Crippen LogP contribution in [0.1, 0.15) is 29.9 Å². The third-order valence-corrected chi connectivity index (χ3v) is 2.78. The fourth-order valence-electron chi connectivity index (χ4n) is 2.13. The summed E-state index contributed by atoms with van der Waals surface area (Å²) in [6, 6.07) is 1.97. The zero-order chi connectivity index (χ0) is 9.64. The second-order valence-corrected chi connectivity index (χ2v) is 4.05. The van der Waals surface area contributed by atoms with E-state index in [0.717, 1.165) is 17.1 Å². The molecule has 1 saturated carbocycles. The normalized spacial score (nSPS) is 33.1. The van der Waals surface area contributed by atoms with Crippen molar-refractivity contribution in [2.45, 2.75) is 38.3 Å². The molecular formula is C10H15NO2. The van der Waals surface area contributed by atoms with Gasteiger partial charge in [-0.1, -0.05) is 0 Å².